The Bertz CT molecular complexity index is 325. The topological polar surface area (TPSA) is 69.6 Å². The predicted molar refractivity (Wildman–Crippen MR) is 71.8 cm³/mol. The van der Waals surface area contributed by atoms with Gasteiger partial charge in [0.2, 0.25) is 5.91 Å². The molecule has 0 aromatic heterocycles. The average Bonchev–Trinajstić information content (AvgIpc) is 2.67. The van der Waals surface area contributed by atoms with Crippen molar-refractivity contribution in [2.45, 2.75) is 51.0 Å². The van der Waals surface area contributed by atoms with Crippen LogP contribution in [0.4, 0.5) is 0 Å². The summed E-state index contributed by atoms with van der Waals surface area (Å²) in [5.41, 5.74) is 0. The quantitative estimate of drug-likeness (QED) is 0.752. The summed E-state index contributed by atoms with van der Waals surface area (Å²) >= 11 is 0. The zero-order chi connectivity index (χ0) is 13.7. The second-order valence-corrected chi connectivity index (χ2v) is 5.81. The van der Waals surface area contributed by atoms with Crippen LogP contribution >= 0.6 is 0 Å². The molecule has 1 unspecified atom stereocenters. The van der Waals surface area contributed by atoms with Gasteiger partial charge < -0.3 is 10.4 Å². The fraction of sp³-hybridized carbons (Fsp3) is 0.857. The van der Waals surface area contributed by atoms with Gasteiger partial charge in [-0.15, -0.1) is 0 Å². The molecule has 1 amide bonds. The van der Waals surface area contributed by atoms with Crippen LogP contribution in [0.3, 0.4) is 0 Å². The van der Waals surface area contributed by atoms with Gasteiger partial charge in [-0.25, -0.2) is 0 Å². The first-order valence-electron chi connectivity index (χ1n) is 7.39. The molecule has 0 bridgehead atoms. The van der Waals surface area contributed by atoms with Gasteiger partial charge in [0, 0.05) is 12.6 Å². The average molecular weight is 268 g/mol. The molecule has 19 heavy (non-hydrogen) atoms. The lowest BCUT2D eigenvalue weighted by atomic mass is 10.1. The van der Waals surface area contributed by atoms with E-state index in [0.717, 1.165) is 19.4 Å². The van der Waals surface area contributed by atoms with Gasteiger partial charge >= 0.3 is 5.97 Å². The number of hydrogen-bond donors (Lipinski definition) is 2. The Labute approximate surface area is 114 Å². The van der Waals surface area contributed by atoms with E-state index in [9.17, 15) is 9.59 Å². The van der Waals surface area contributed by atoms with Crippen molar-refractivity contribution in [2.24, 2.45) is 5.92 Å². The van der Waals surface area contributed by atoms with Gasteiger partial charge in [0.25, 0.3) is 0 Å². The third kappa shape index (κ3) is 4.49. The lowest BCUT2D eigenvalue weighted by Gasteiger charge is -2.19. The van der Waals surface area contributed by atoms with Crippen molar-refractivity contribution in [3.63, 3.8) is 0 Å². The molecule has 5 heteroatoms. The van der Waals surface area contributed by atoms with Crippen LogP contribution in [0.2, 0.25) is 0 Å². The molecule has 0 radical (unpaired) electrons. The fourth-order valence-corrected chi connectivity index (χ4v) is 3.08. The van der Waals surface area contributed by atoms with Crippen LogP contribution in [0.15, 0.2) is 0 Å². The van der Waals surface area contributed by atoms with Crippen molar-refractivity contribution < 1.29 is 14.7 Å². The lowest BCUT2D eigenvalue weighted by Crippen LogP contribution is -2.41. The van der Waals surface area contributed by atoms with Gasteiger partial charge in [0.05, 0.1) is 12.5 Å². The van der Waals surface area contributed by atoms with Crippen molar-refractivity contribution in [1.29, 1.82) is 0 Å². The highest BCUT2D eigenvalue weighted by molar-refractivity contribution is 5.78. The number of hydrogen-bond acceptors (Lipinski definition) is 3. The number of nitrogens with one attached hydrogen (secondary N) is 1. The van der Waals surface area contributed by atoms with Crippen molar-refractivity contribution in [1.82, 2.24) is 10.2 Å². The number of rotatable bonds is 4. The summed E-state index contributed by atoms with van der Waals surface area (Å²) in [6, 6.07) is 0.327. The van der Waals surface area contributed by atoms with E-state index < -0.39 is 5.97 Å². The Morgan fingerprint density at radius 1 is 1.11 bits per heavy atom. The number of carbonyl (C=O) groups excluding carboxylic acids is 1. The maximum Gasteiger partial charge on any atom is 0.307 e. The van der Waals surface area contributed by atoms with Gasteiger partial charge in [0.1, 0.15) is 0 Å². The van der Waals surface area contributed by atoms with Crippen LogP contribution in [-0.4, -0.2) is 47.6 Å². The minimum Gasteiger partial charge on any atom is -0.481 e. The molecule has 0 aromatic carbocycles. The molecule has 1 aliphatic heterocycles. The molecule has 1 aliphatic carbocycles. The van der Waals surface area contributed by atoms with E-state index in [1.165, 1.54) is 25.7 Å². The highest BCUT2D eigenvalue weighted by atomic mass is 16.4. The van der Waals surface area contributed by atoms with E-state index in [1.54, 1.807) is 0 Å². The summed E-state index contributed by atoms with van der Waals surface area (Å²) in [5.74, 6) is -0.990. The van der Waals surface area contributed by atoms with Gasteiger partial charge in [-0.1, -0.05) is 25.7 Å². The first kappa shape index (κ1) is 14.3. The molecule has 2 aliphatic rings. The maximum absolute atomic E-state index is 12.0. The van der Waals surface area contributed by atoms with Crippen LogP contribution in [0, 0.1) is 5.92 Å². The number of nitrogens with zero attached hydrogens (tertiary/aromatic N) is 1. The monoisotopic (exact) mass is 268 g/mol. The van der Waals surface area contributed by atoms with Crippen LogP contribution in [-0.2, 0) is 9.59 Å². The number of likely N-dealkylation sites (tertiary alicyclic amines) is 1. The second kappa shape index (κ2) is 6.89. The maximum atomic E-state index is 12.0. The number of amides is 1. The molecule has 2 rings (SSSR count). The molecule has 0 aromatic rings. The standard InChI is InChI=1S/C14H24N2O3/c17-13(15-12-5-3-1-2-4-6-12)10-16-8-7-11(9-16)14(18)19/h11-12H,1-10H2,(H,15,17)(H,18,19). The Morgan fingerprint density at radius 3 is 2.37 bits per heavy atom. The molecular weight excluding hydrogens is 244 g/mol. The number of aliphatic carboxylic acids is 1. The highest BCUT2D eigenvalue weighted by Crippen LogP contribution is 2.18. The summed E-state index contributed by atoms with van der Waals surface area (Å²) in [6.45, 7) is 1.57. The zero-order valence-electron chi connectivity index (χ0n) is 11.4. The van der Waals surface area contributed by atoms with Crippen LogP contribution < -0.4 is 5.32 Å². The van der Waals surface area contributed by atoms with E-state index in [1.807, 2.05) is 4.90 Å². The summed E-state index contributed by atoms with van der Waals surface area (Å²) in [7, 11) is 0. The Morgan fingerprint density at radius 2 is 1.79 bits per heavy atom. The summed E-state index contributed by atoms with van der Waals surface area (Å²) in [4.78, 5) is 24.8. The number of carboxylic acids is 1. The van der Waals surface area contributed by atoms with Crippen LogP contribution in [0.5, 0.6) is 0 Å². The Hall–Kier alpha value is -1.10. The lowest BCUT2D eigenvalue weighted by molar-refractivity contribution is -0.141. The minimum absolute atomic E-state index is 0.0536. The zero-order valence-corrected chi connectivity index (χ0v) is 11.4. The van der Waals surface area contributed by atoms with Crippen LogP contribution in [0.1, 0.15) is 44.9 Å². The van der Waals surface area contributed by atoms with Gasteiger partial charge in [-0.05, 0) is 25.8 Å². The minimum atomic E-state index is -0.744. The summed E-state index contributed by atoms with van der Waals surface area (Å²) < 4.78 is 0. The highest BCUT2D eigenvalue weighted by Gasteiger charge is 2.29. The van der Waals surface area contributed by atoms with Crippen LogP contribution in [0.25, 0.3) is 0 Å². The normalized spacial score (nSPS) is 26.0. The first-order valence-corrected chi connectivity index (χ1v) is 7.39. The number of carboxylic acid groups (broad SMARTS) is 1. The Kier molecular flexibility index (Phi) is 5.19. The SMILES string of the molecule is O=C(CN1CCC(C(=O)O)C1)NC1CCCCCC1. The molecule has 0 spiro atoms. The third-order valence-electron chi connectivity index (χ3n) is 4.21. The molecule has 1 saturated heterocycles. The van der Waals surface area contributed by atoms with Gasteiger partial charge in [-0.3, -0.25) is 14.5 Å². The van der Waals surface area contributed by atoms with E-state index in [4.69, 9.17) is 5.11 Å². The molecule has 2 fully saturated rings. The summed E-state index contributed by atoms with van der Waals surface area (Å²) in [6.07, 6.45) is 7.79. The molecule has 108 valence electrons. The van der Waals surface area contributed by atoms with E-state index in [-0.39, 0.29) is 11.8 Å². The molecule has 1 heterocycles. The molecule has 1 atom stereocenters. The largest absolute Gasteiger partial charge is 0.481 e. The number of carbonyl (C=O) groups is 2. The van der Waals surface area contributed by atoms with Crippen molar-refractivity contribution in [2.75, 3.05) is 19.6 Å². The molecular formula is C14H24N2O3. The van der Waals surface area contributed by atoms with Crippen molar-refractivity contribution in [3.05, 3.63) is 0 Å². The van der Waals surface area contributed by atoms with Crippen molar-refractivity contribution in [3.8, 4) is 0 Å². The fourth-order valence-electron chi connectivity index (χ4n) is 3.08. The van der Waals surface area contributed by atoms with Crippen molar-refractivity contribution >= 4 is 11.9 Å². The predicted octanol–water partition coefficient (Wildman–Crippen LogP) is 1.23. The second-order valence-electron chi connectivity index (χ2n) is 5.81. The van der Waals surface area contributed by atoms with Gasteiger partial charge in [-0.2, -0.15) is 0 Å². The van der Waals surface area contributed by atoms with Gasteiger partial charge in [0.15, 0.2) is 0 Å². The van der Waals surface area contributed by atoms with E-state index in [2.05, 4.69) is 5.32 Å². The molecule has 5 nitrogen and oxygen atoms in total. The summed E-state index contributed by atoms with van der Waals surface area (Å²) in [5, 5.41) is 12.0. The molecule has 1 saturated carbocycles. The van der Waals surface area contributed by atoms with E-state index in [0.29, 0.717) is 25.6 Å². The van der Waals surface area contributed by atoms with E-state index >= 15 is 0 Å². The smallest absolute Gasteiger partial charge is 0.307 e. The first-order chi connectivity index (χ1) is 9.15. The third-order valence-corrected chi connectivity index (χ3v) is 4.21. The molecule has 2 N–H and O–H groups in total. The Balaban J connectivity index is 1.71.